The highest BCUT2D eigenvalue weighted by Crippen LogP contribution is 2.78. The first kappa shape index (κ1) is 43.3. The normalized spacial score (nSPS) is 37.2. The Morgan fingerprint density at radius 2 is 1.54 bits per heavy atom. The minimum Gasteiger partial charge on any atom is -0.481 e. The Bertz CT molecular complexity index is 1650. The summed E-state index contributed by atoms with van der Waals surface area (Å²) in [5, 5.41) is 35.5. The first-order chi connectivity index (χ1) is 26.0. The molecule has 0 aromatic heterocycles. The van der Waals surface area contributed by atoms with Crippen molar-refractivity contribution in [1.82, 2.24) is 9.80 Å². The smallest absolute Gasteiger partial charge is 0.309 e. The van der Waals surface area contributed by atoms with E-state index in [1.807, 2.05) is 0 Å². The number of carbonyl (C=O) groups excluding carboxylic acids is 1. The van der Waals surface area contributed by atoms with Gasteiger partial charge in [-0.2, -0.15) is 0 Å². The van der Waals surface area contributed by atoms with Crippen LogP contribution in [0.5, 0.6) is 0 Å². The Morgan fingerprint density at radius 1 is 0.875 bits per heavy atom. The molecule has 5 aliphatic rings. The number of likely N-dealkylation sites (N-methyl/N-ethyl adjacent to an activating group) is 1. The first-order valence-corrected chi connectivity index (χ1v) is 22.0. The number of rotatable bonds is 13. The molecule has 0 aliphatic heterocycles. The van der Waals surface area contributed by atoms with Gasteiger partial charge in [0.2, 0.25) is 0 Å². The Hall–Kier alpha value is -2.26. The van der Waals surface area contributed by atoms with Crippen LogP contribution in [0.2, 0.25) is 0 Å². The van der Waals surface area contributed by atoms with Crippen molar-refractivity contribution in [3.8, 4) is 0 Å². The van der Waals surface area contributed by atoms with E-state index >= 15 is 0 Å². The van der Waals surface area contributed by atoms with Crippen LogP contribution in [0, 0.1) is 50.2 Å². The number of aliphatic carboxylic acids is 1. The van der Waals surface area contributed by atoms with Gasteiger partial charge in [-0.25, -0.2) is 0 Å². The summed E-state index contributed by atoms with van der Waals surface area (Å²) in [5.41, 5.74) is 0.950. The molecule has 0 saturated heterocycles. The topological polar surface area (TPSA) is 111 Å². The van der Waals surface area contributed by atoms with Crippen LogP contribution in [0.15, 0.2) is 41.5 Å². The minimum atomic E-state index is -1.21. The highest BCUT2D eigenvalue weighted by Gasteiger charge is 2.74. The SMILES string of the molecule is CC(C)C1=C2[C@H]3CC[C@@H]4[C@@]5(C)CC[C@H](OC(=O)CC(C)(C)C(=O)O)C(C)(C)[C@]5(O)CC[C@@]4(C)[C@]3(C)CC[C@@]2([C@H](O)CN(CCN(C)C)Cc2ccccc2)CC1. The molecule has 8 nitrogen and oxygen atoms in total. The number of nitrogens with zero attached hydrogens (tertiary/aromatic N) is 2. The van der Waals surface area contributed by atoms with Crippen LogP contribution in [0.3, 0.4) is 0 Å². The van der Waals surface area contributed by atoms with Crippen LogP contribution < -0.4 is 0 Å². The number of hydrogen-bond donors (Lipinski definition) is 3. The quantitative estimate of drug-likeness (QED) is 0.135. The van der Waals surface area contributed by atoms with Gasteiger partial charge in [0.25, 0.3) is 0 Å². The third kappa shape index (κ3) is 6.82. The zero-order chi connectivity index (χ0) is 41.3. The lowest BCUT2D eigenvalue weighted by molar-refractivity contribution is -0.306. The lowest BCUT2D eigenvalue weighted by Crippen LogP contribution is -2.73. The monoisotopic (exact) mass is 777 g/mol. The molecular weight excluding hydrogens is 701 g/mol. The van der Waals surface area contributed by atoms with Crippen molar-refractivity contribution in [3.63, 3.8) is 0 Å². The van der Waals surface area contributed by atoms with E-state index in [1.54, 1.807) is 25.0 Å². The number of carboxylic acids is 1. The molecule has 4 saturated carbocycles. The van der Waals surface area contributed by atoms with E-state index in [0.29, 0.717) is 37.1 Å². The molecule has 9 atom stereocenters. The molecule has 314 valence electrons. The molecule has 6 rings (SSSR count). The third-order valence-electron chi connectivity index (χ3n) is 17.6. The first-order valence-electron chi connectivity index (χ1n) is 22.0. The van der Waals surface area contributed by atoms with E-state index < -0.39 is 40.6 Å². The van der Waals surface area contributed by atoms with Gasteiger partial charge in [-0.15, -0.1) is 0 Å². The summed E-state index contributed by atoms with van der Waals surface area (Å²) >= 11 is 0. The Labute approximate surface area is 338 Å². The van der Waals surface area contributed by atoms with Gasteiger partial charge < -0.3 is 25.0 Å². The van der Waals surface area contributed by atoms with E-state index in [-0.39, 0.29) is 28.1 Å². The average Bonchev–Trinajstić information content (AvgIpc) is 3.52. The minimum absolute atomic E-state index is 0.0121. The van der Waals surface area contributed by atoms with Gasteiger partial charge >= 0.3 is 11.9 Å². The van der Waals surface area contributed by atoms with Gasteiger partial charge in [-0.3, -0.25) is 14.5 Å². The number of carboxylic acid groups (broad SMARTS) is 1. The predicted octanol–water partition coefficient (Wildman–Crippen LogP) is 8.74. The number of ether oxygens (including phenoxy) is 1. The molecular formula is C48H76N2O6. The second kappa shape index (κ2) is 15.1. The molecule has 4 fully saturated rings. The zero-order valence-corrected chi connectivity index (χ0v) is 36.8. The maximum atomic E-state index is 13.2. The molecule has 8 heteroatoms. The number of aliphatic hydroxyl groups is 2. The number of allylic oxidation sites excluding steroid dienone is 1. The summed E-state index contributed by atoms with van der Waals surface area (Å²) in [4.78, 5) is 29.7. The van der Waals surface area contributed by atoms with Crippen molar-refractivity contribution < 1.29 is 29.6 Å². The second-order valence-electron chi connectivity index (χ2n) is 21.7. The number of hydrogen-bond acceptors (Lipinski definition) is 7. The maximum absolute atomic E-state index is 13.2. The van der Waals surface area contributed by atoms with Gasteiger partial charge in [0, 0.05) is 42.4 Å². The number of benzene rings is 1. The lowest BCUT2D eigenvalue weighted by Gasteiger charge is -2.74. The van der Waals surface area contributed by atoms with Crippen LogP contribution >= 0.6 is 0 Å². The maximum Gasteiger partial charge on any atom is 0.309 e. The van der Waals surface area contributed by atoms with Gasteiger partial charge in [0.15, 0.2) is 0 Å². The highest BCUT2D eigenvalue weighted by atomic mass is 16.5. The molecule has 0 heterocycles. The summed E-state index contributed by atoms with van der Waals surface area (Å²) in [6.07, 6.45) is 8.13. The number of fused-ring (bicyclic) bond motifs is 7. The lowest BCUT2D eigenvalue weighted by atomic mass is 9.31. The summed E-state index contributed by atoms with van der Waals surface area (Å²) in [7, 11) is 4.25. The van der Waals surface area contributed by atoms with E-state index in [1.165, 1.54) is 5.56 Å². The van der Waals surface area contributed by atoms with E-state index in [2.05, 4.69) is 103 Å². The fraction of sp³-hybridized carbons (Fsp3) is 0.792. The Morgan fingerprint density at radius 3 is 2.16 bits per heavy atom. The van der Waals surface area contributed by atoms with Crippen LogP contribution in [0.25, 0.3) is 0 Å². The van der Waals surface area contributed by atoms with Crippen molar-refractivity contribution in [2.75, 3.05) is 33.7 Å². The summed E-state index contributed by atoms with van der Waals surface area (Å²) < 4.78 is 6.12. The molecule has 5 aliphatic carbocycles. The molecule has 0 radical (unpaired) electrons. The molecule has 0 spiro atoms. The van der Waals surface area contributed by atoms with Crippen LogP contribution in [-0.2, 0) is 20.9 Å². The fourth-order valence-electron chi connectivity index (χ4n) is 13.7. The fourth-order valence-corrected chi connectivity index (χ4v) is 13.7. The molecule has 1 aromatic rings. The van der Waals surface area contributed by atoms with Crippen molar-refractivity contribution in [2.45, 2.75) is 157 Å². The van der Waals surface area contributed by atoms with Crippen molar-refractivity contribution in [1.29, 1.82) is 0 Å². The summed E-state index contributed by atoms with van der Waals surface area (Å²) in [6.45, 7) is 22.8. The zero-order valence-electron chi connectivity index (χ0n) is 36.8. The third-order valence-corrected chi connectivity index (χ3v) is 17.6. The molecule has 3 N–H and O–H groups in total. The van der Waals surface area contributed by atoms with Crippen molar-refractivity contribution in [2.24, 2.45) is 50.2 Å². The molecule has 0 unspecified atom stereocenters. The average molecular weight is 777 g/mol. The predicted molar refractivity (Wildman–Crippen MR) is 223 cm³/mol. The van der Waals surface area contributed by atoms with E-state index in [4.69, 9.17) is 4.74 Å². The van der Waals surface area contributed by atoms with Gasteiger partial charge in [-0.05, 0) is 126 Å². The second-order valence-corrected chi connectivity index (χ2v) is 21.7. The van der Waals surface area contributed by atoms with E-state index in [0.717, 1.165) is 71.0 Å². The van der Waals surface area contributed by atoms with Gasteiger partial charge in [0.05, 0.1) is 23.5 Å². The highest BCUT2D eigenvalue weighted by molar-refractivity contribution is 5.81. The summed E-state index contributed by atoms with van der Waals surface area (Å²) in [5.74, 6) is -0.390. The van der Waals surface area contributed by atoms with Crippen LogP contribution in [0.1, 0.15) is 139 Å². The van der Waals surface area contributed by atoms with Crippen LogP contribution in [-0.4, -0.2) is 88.6 Å². The van der Waals surface area contributed by atoms with Crippen molar-refractivity contribution >= 4 is 11.9 Å². The molecule has 0 amide bonds. The standard InChI is InChI=1S/C48H76N2O6/c1-32(2)34-19-22-47(37(51)31-50(28-27-49(10)11)30-33-15-13-12-14-16-33)25-23-44(7)35(40(34)47)17-18-36-45(44,8)24-26-48(55)43(5,6)38(20-21-46(36,48)9)56-39(52)29-42(3,4)41(53)54/h12-16,32,35-38,51,55H,17-31H2,1-11H3,(H,53,54)/t35-,36+,37-,38+,44-,45-,46-,47-,48-/m1/s1. The Kier molecular flexibility index (Phi) is 11.7. The van der Waals surface area contributed by atoms with Crippen molar-refractivity contribution in [3.05, 3.63) is 47.0 Å². The molecule has 56 heavy (non-hydrogen) atoms. The molecule has 1 aromatic carbocycles. The number of aliphatic hydroxyl groups excluding tert-OH is 1. The Balaban J connectivity index is 1.28. The summed E-state index contributed by atoms with van der Waals surface area (Å²) in [6, 6.07) is 10.7. The van der Waals surface area contributed by atoms with Crippen LogP contribution in [0.4, 0.5) is 0 Å². The van der Waals surface area contributed by atoms with Gasteiger partial charge in [0.1, 0.15) is 6.10 Å². The van der Waals surface area contributed by atoms with Gasteiger partial charge in [-0.1, -0.05) is 89.9 Å². The molecule has 0 bridgehead atoms. The van der Waals surface area contributed by atoms with E-state index in [9.17, 15) is 24.9 Å². The largest absolute Gasteiger partial charge is 0.481 e. The number of esters is 1. The number of carbonyl (C=O) groups is 2.